The largest absolute Gasteiger partial charge is 0.496 e. The number of rotatable bonds is 5. The van der Waals surface area contributed by atoms with Crippen LogP contribution in [0.3, 0.4) is 0 Å². The first-order valence-electron chi connectivity index (χ1n) is 9.64. The van der Waals surface area contributed by atoms with Gasteiger partial charge >= 0.3 is 0 Å². The summed E-state index contributed by atoms with van der Waals surface area (Å²) in [6.45, 7) is 4.28. The number of aromatic nitrogens is 1. The summed E-state index contributed by atoms with van der Waals surface area (Å²) in [7, 11) is -1.95. The molecule has 3 aromatic rings. The number of benzene rings is 2. The molecule has 1 N–H and O–H groups in total. The lowest BCUT2D eigenvalue weighted by molar-refractivity contribution is 0.385. The first-order chi connectivity index (χ1) is 13.4. The summed E-state index contributed by atoms with van der Waals surface area (Å²) in [5.41, 5.74) is 3.82. The monoisotopic (exact) mass is 398 g/mol. The molecule has 4 rings (SSSR count). The summed E-state index contributed by atoms with van der Waals surface area (Å²) in [5, 5.41) is 1.17. The number of nitrogens with one attached hydrogen (secondary N) is 1. The van der Waals surface area contributed by atoms with Gasteiger partial charge in [-0.25, -0.2) is 8.42 Å². The Hall–Kier alpha value is -2.31. The van der Waals surface area contributed by atoms with E-state index in [4.69, 9.17) is 4.74 Å². The lowest BCUT2D eigenvalue weighted by atomic mass is 10.0. The highest BCUT2D eigenvalue weighted by molar-refractivity contribution is 7.89. The van der Waals surface area contributed by atoms with Gasteiger partial charge in [0.1, 0.15) is 5.75 Å². The van der Waals surface area contributed by atoms with Gasteiger partial charge in [0.15, 0.2) is 0 Å². The summed E-state index contributed by atoms with van der Waals surface area (Å²) in [6, 6.07) is 11.7. The van der Waals surface area contributed by atoms with Crippen molar-refractivity contribution in [2.24, 2.45) is 0 Å². The zero-order valence-corrected chi connectivity index (χ0v) is 17.3. The Balaban J connectivity index is 1.67. The van der Waals surface area contributed by atoms with E-state index in [0.29, 0.717) is 17.2 Å². The average molecular weight is 399 g/mol. The molecule has 0 saturated carbocycles. The van der Waals surface area contributed by atoms with Crippen LogP contribution in [0.15, 0.2) is 47.5 Å². The van der Waals surface area contributed by atoms with Gasteiger partial charge in [0.25, 0.3) is 0 Å². The third kappa shape index (κ3) is 3.20. The Morgan fingerprint density at radius 2 is 1.96 bits per heavy atom. The SMILES string of the molecule is COc1cc(C)c(S(=O)(=O)N2CCCC2Cc2c[nH]c3ccccc23)cc1C. The average Bonchev–Trinajstić information content (AvgIpc) is 3.31. The minimum atomic E-state index is -3.55. The van der Waals surface area contributed by atoms with Gasteiger partial charge in [-0.3, -0.25) is 0 Å². The van der Waals surface area contributed by atoms with Gasteiger partial charge in [-0.2, -0.15) is 4.31 Å². The van der Waals surface area contributed by atoms with Crippen molar-refractivity contribution in [3.05, 3.63) is 59.3 Å². The van der Waals surface area contributed by atoms with Crippen LogP contribution in [0.1, 0.15) is 29.5 Å². The van der Waals surface area contributed by atoms with E-state index in [0.717, 1.165) is 35.9 Å². The molecule has 1 aliphatic heterocycles. The Morgan fingerprint density at radius 3 is 2.75 bits per heavy atom. The molecule has 0 radical (unpaired) electrons. The third-order valence-corrected chi connectivity index (χ3v) is 7.83. The van der Waals surface area contributed by atoms with Crippen molar-refractivity contribution in [2.75, 3.05) is 13.7 Å². The summed E-state index contributed by atoms with van der Waals surface area (Å²) >= 11 is 0. The van der Waals surface area contributed by atoms with Crippen molar-refractivity contribution in [3.63, 3.8) is 0 Å². The quantitative estimate of drug-likeness (QED) is 0.701. The Morgan fingerprint density at radius 1 is 1.18 bits per heavy atom. The summed E-state index contributed by atoms with van der Waals surface area (Å²) in [6.07, 6.45) is 4.50. The zero-order chi connectivity index (χ0) is 19.9. The predicted octanol–water partition coefficient (Wildman–Crippen LogP) is 4.19. The molecule has 148 valence electrons. The standard InChI is InChI=1S/C22H26N2O3S/c1-15-12-22(16(2)11-21(15)27-3)28(25,26)24-10-6-7-18(24)13-17-14-23-20-9-5-4-8-19(17)20/h4-5,8-9,11-12,14,18,23H,6-7,10,13H2,1-3H3. The highest BCUT2D eigenvalue weighted by Crippen LogP contribution is 2.33. The highest BCUT2D eigenvalue weighted by atomic mass is 32.2. The molecule has 2 heterocycles. The Bertz CT molecular complexity index is 1120. The van der Waals surface area contributed by atoms with Crippen LogP contribution in [0.5, 0.6) is 5.75 Å². The number of hydrogen-bond acceptors (Lipinski definition) is 3. The first-order valence-corrected chi connectivity index (χ1v) is 11.1. The van der Waals surface area contributed by atoms with Crippen molar-refractivity contribution in [3.8, 4) is 5.75 Å². The van der Waals surface area contributed by atoms with Crippen LogP contribution in [-0.4, -0.2) is 37.4 Å². The van der Waals surface area contributed by atoms with Crippen LogP contribution in [0.4, 0.5) is 0 Å². The van der Waals surface area contributed by atoms with Crippen molar-refractivity contribution >= 4 is 20.9 Å². The third-order valence-electron chi connectivity index (χ3n) is 5.73. The fraction of sp³-hybridized carbons (Fsp3) is 0.364. The second-order valence-electron chi connectivity index (χ2n) is 7.56. The fourth-order valence-electron chi connectivity index (χ4n) is 4.27. The molecule has 6 heteroatoms. The molecular formula is C22H26N2O3S. The molecule has 1 fully saturated rings. The van der Waals surface area contributed by atoms with E-state index in [2.05, 4.69) is 11.1 Å². The molecule has 2 aromatic carbocycles. The van der Waals surface area contributed by atoms with Crippen LogP contribution in [0.2, 0.25) is 0 Å². The highest BCUT2D eigenvalue weighted by Gasteiger charge is 2.36. The number of H-pyrrole nitrogens is 1. The molecule has 1 atom stereocenters. The molecule has 0 bridgehead atoms. The van der Waals surface area contributed by atoms with Crippen molar-refractivity contribution in [1.82, 2.24) is 9.29 Å². The van der Waals surface area contributed by atoms with Crippen molar-refractivity contribution in [1.29, 1.82) is 0 Å². The molecule has 0 aliphatic carbocycles. The van der Waals surface area contributed by atoms with Crippen LogP contribution in [-0.2, 0) is 16.4 Å². The molecule has 28 heavy (non-hydrogen) atoms. The van der Waals surface area contributed by atoms with Crippen LogP contribution >= 0.6 is 0 Å². The number of para-hydroxylation sites is 1. The second kappa shape index (κ2) is 7.26. The number of methoxy groups -OCH3 is 1. The number of ether oxygens (including phenoxy) is 1. The fourth-order valence-corrected chi connectivity index (χ4v) is 6.26. The summed E-state index contributed by atoms with van der Waals surface area (Å²) in [4.78, 5) is 3.68. The number of nitrogens with zero attached hydrogens (tertiary/aromatic N) is 1. The Labute approximate surface area is 166 Å². The van der Waals surface area contributed by atoms with Crippen molar-refractivity contribution < 1.29 is 13.2 Å². The van der Waals surface area contributed by atoms with E-state index in [1.807, 2.05) is 44.3 Å². The van der Waals surface area contributed by atoms with E-state index in [1.54, 1.807) is 17.5 Å². The van der Waals surface area contributed by atoms with Gasteiger partial charge in [-0.15, -0.1) is 0 Å². The van der Waals surface area contributed by atoms with E-state index in [-0.39, 0.29) is 6.04 Å². The first kappa shape index (κ1) is 19.0. The van der Waals surface area contributed by atoms with Crippen LogP contribution < -0.4 is 4.74 Å². The van der Waals surface area contributed by atoms with E-state index in [1.165, 1.54) is 10.9 Å². The second-order valence-corrected chi connectivity index (χ2v) is 9.42. The minimum absolute atomic E-state index is 0.0222. The van der Waals surface area contributed by atoms with E-state index >= 15 is 0 Å². The van der Waals surface area contributed by atoms with Gasteiger partial charge in [-0.05, 0) is 68.0 Å². The smallest absolute Gasteiger partial charge is 0.243 e. The van der Waals surface area contributed by atoms with E-state index in [9.17, 15) is 8.42 Å². The maximum absolute atomic E-state index is 13.5. The number of hydrogen-bond donors (Lipinski definition) is 1. The molecule has 1 aliphatic rings. The number of aryl methyl sites for hydroxylation is 2. The van der Waals surface area contributed by atoms with Crippen molar-refractivity contribution in [2.45, 2.75) is 44.0 Å². The van der Waals surface area contributed by atoms with Gasteiger partial charge in [0.05, 0.1) is 12.0 Å². The van der Waals surface area contributed by atoms with Gasteiger partial charge in [0, 0.05) is 29.7 Å². The molecule has 0 amide bonds. The molecule has 5 nitrogen and oxygen atoms in total. The lowest BCUT2D eigenvalue weighted by Gasteiger charge is -2.25. The molecule has 1 aromatic heterocycles. The van der Waals surface area contributed by atoms with E-state index < -0.39 is 10.0 Å². The summed E-state index contributed by atoms with van der Waals surface area (Å²) in [5.74, 6) is 0.716. The minimum Gasteiger partial charge on any atom is -0.496 e. The number of sulfonamides is 1. The molecule has 1 unspecified atom stereocenters. The maximum Gasteiger partial charge on any atom is 0.243 e. The number of fused-ring (bicyclic) bond motifs is 1. The number of aromatic amines is 1. The topological polar surface area (TPSA) is 62.4 Å². The maximum atomic E-state index is 13.5. The Kier molecular flexibility index (Phi) is 4.93. The normalized spacial score (nSPS) is 18.0. The zero-order valence-electron chi connectivity index (χ0n) is 16.5. The predicted molar refractivity (Wildman–Crippen MR) is 111 cm³/mol. The van der Waals surface area contributed by atoms with Gasteiger partial charge in [0.2, 0.25) is 10.0 Å². The van der Waals surface area contributed by atoms with Crippen LogP contribution in [0.25, 0.3) is 10.9 Å². The van der Waals surface area contributed by atoms with Gasteiger partial charge < -0.3 is 9.72 Å². The van der Waals surface area contributed by atoms with Crippen LogP contribution in [0, 0.1) is 13.8 Å². The van der Waals surface area contributed by atoms with Gasteiger partial charge in [-0.1, -0.05) is 18.2 Å². The summed E-state index contributed by atoms with van der Waals surface area (Å²) < 4.78 is 34.0. The lowest BCUT2D eigenvalue weighted by Crippen LogP contribution is -2.37. The molecule has 1 saturated heterocycles. The molecular weight excluding hydrogens is 372 g/mol. The molecule has 0 spiro atoms.